The molecule has 1 fully saturated rings. The van der Waals surface area contributed by atoms with Gasteiger partial charge in [-0.05, 0) is 45.0 Å². The molecule has 1 saturated heterocycles. The number of hydrogen-bond donors (Lipinski definition) is 5. The number of carbonyl (C=O) groups excluding carboxylic acids is 1. The number of nitrogens with zero attached hydrogens (tertiary/aromatic N) is 5. The first-order valence-corrected chi connectivity index (χ1v) is 18.8. The summed E-state index contributed by atoms with van der Waals surface area (Å²) in [5.41, 5.74) is 1.56. The molecular weight excluding hydrogens is 733 g/mol. The van der Waals surface area contributed by atoms with E-state index in [2.05, 4.69) is 24.9 Å². The van der Waals surface area contributed by atoms with E-state index in [0.717, 1.165) is 29.5 Å². The summed E-state index contributed by atoms with van der Waals surface area (Å²) in [5.74, 6) is -3.19. The highest BCUT2D eigenvalue weighted by molar-refractivity contribution is 7.88. The van der Waals surface area contributed by atoms with Gasteiger partial charge in [0.25, 0.3) is 0 Å². The maximum Gasteiger partial charge on any atom is 0.459 e. The summed E-state index contributed by atoms with van der Waals surface area (Å²) in [7, 11) is -6.98. The molecule has 22 heteroatoms. The van der Waals surface area contributed by atoms with Gasteiger partial charge < -0.3 is 29.9 Å². The van der Waals surface area contributed by atoms with E-state index >= 15 is 0 Å². The highest BCUT2D eigenvalue weighted by atomic mass is 32.2. The first kappa shape index (κ1) is 38.9. The standard InChI is InChI=1S/C30H37F2N8O10PS/c1-29(2,27(42)47-14-18-19(31)12-9-13-20(18)32)37-51(44,50-17-10-7-6-8-11-17)48-15-21-23(41)30(3,43)26(49-21)40-16-34-22-24(35-28(33)36-25(22)40)39(4)38-52(5,45)46/h6-13,16,21,23,26,38,41,43H,14-15H2,1-5H3,(H,37,44)(H2,33,35,36)/t21?,23-,26?,30-,51?/m1/s1. The molecular formula is C30H37F2N8O10PS. The lowest BCUT2D eigenvalue weighted by atomic mass is 9.96. The smallest absolute Gasteiger partial charge is 0.459 e. The number of imidazole rings is 1. The number of para-hydroxylation sites is 1. The van der Waals surface area contributed by atoms with Gasteiger partial charge in [0.2, 0.25) is 16.0 Å². The summed E-state index contributed by atoms with van der Waals surface area (Å²) in [6, 6.07) is 10.9. The molecule has 0 aliphatic carbocycles. The average Bonchev–Trinajstić information content (AvgIpc) is 3.55. The molecule has 0 amide bonds. The second kappa shape index (κ2) is 14.6. The predicted molar refractivity (Wildman–Crippen MR) is 181 cm³/mol. The van der Waals surface area contributed by atoms with Crippen LogP contribution in [0, 0.1) is 11.6 Å². The van der Waals surface area contributed by atoms with Crippen LogP contribution in [-0.4, -0.2) is 87.4 Å². The van der Waals surface area contributed by atoms with Crippen molar-refractivity contribution in [1.29, 1.82) is 0 Å². The molecule has 2 aromatic heterocycles. The van der Waals surface area contributed by atoms with Crippen molar-refractivity contribution in [2.75, 3.05) is 30.7 Å². The quantitative estimate of drug-likeness (QED) is 0.0699. The van der Waals surface area contributed by atoms with E-state index in [1.165, 1.54) is 50.8 Å². The monoisotopic (exact) mass is 770 g/mol. The van der Waals surface area contributed by atoms with Crippen molar-refractivity contribution in [3.63, 3.8) is 0 Å². The van der Waals surface area contributed by atoms with Gasteiger partial charge in [0.1, 0.15) is 47.3 Å². The van der Waals surface area contributed by atoms with Gasteiger partial charge in [0.15, 0.2) is 23.2 Å². The first-order chi connectivity index (χ1) is 24.2. The predicted octanol–water partition coefficient (Wildman–Crippen LogP) is 1.91. The van der Waals surface area contributed by atoms with E-state index < -0.39 is 83.7 Å². The van der Waals surface area contributed by atoms with E-state index in [9.17, 15) is 36.8 Å². The van der Waals surface area contributed by atoms with Crippen LogP contribution in [0.25, 0.3) is 11.2 Å². The first-order valence-electron chi connectivity index (χ1n) is 15.4. The Morgan fingerprint density at radius 2 is 1.83 bits per heavy atom. The number of nitrogen functional groups attached to an aromatic ring is 1. The lowest BCUT2D eigenvalue weighted by Crippen LogP contribution is -2.47. The Hall–Kier alpha value is -4.34. The van der Waals surface area contributed by atoms with E-state index in [0.29, 0.717) is 0 Å². The SMILES string of the molecule is CN(NS(C)(=O)=O)c1nc(N)nc2c1ncn2C1OC(COP(=O)(NC(C)(C)C(=O)OCc2c(F)cccc2F)Oc2ccccc2)[C@@H](O)[C@@]1(C)O. The molecule has 2 aromatic carbocycles. The zero-order chi connectivity index (χ0) is 38.2. The van der Waals surface area contributed by atoms with Crippen LogP contribution in [0.15, 0.2) is 54.9 Å². The Balaban J connectivity index is 1.37. The van der Waals surface area contributed by atoms with Crippen LogP contribution in [0.1, 0.15) is 32.6 Å². The summed E-state index contributed by atoms with van der Waals surface area (Å²) in [6.07, 6.45) is -2.36. The molecule has 3 unspecified atom stereocenters. The number of aliphatic hydroxyl groups excluding tert-OH is 1. The Bertz CT molecular complexity index is 2090. The lowest BCUT2D eigenvalue weighted by Gasteiger charge is -2.30. The number of aromatic nitrogens is 4. The van der Waals surface area contributed by atoms with Gasteiger partial charge in [-0.25, -0.2) is 26.7 Å². The van der Waals surface area contributed by atoms with Gasteiger partial charge in [0.05, 0.1) is 24.8 Å². The third-order valence-electron chi connectivity index (χ3n) is 7.76. The molecule has 0 radical (unpaired) electrons. The van der Waals surface area contributed by atoms with Crippen LogP contribution in [0.5, 0.6) is 5.75 Å². The molecule has 5 atom stereocenters. The number of sulfonamides is 1. The van der Waals surface area contributed by atoms with Crippen molar-refractivity contribution in [2.24, 2.45) is 0 Å². The Morgan fingerprint density at radius 1 is 1.17 bits per heavy atom. The summed E-state index contributed by atoms with van der Waals surface area (Å²) in [5, 5.41) is 26.2. The van der Waals surface area contributed by atoms with Crippen molar-refractivity contribution in [2.45, 2.75) is 57.0 Å². The number of esters is 1. The number of ether oxygens (including phenoxy) is 2. The fourth-order valence-electron chi connectivity index (χ4n) is 5.24. The largest absolute Gasteiger partial charge is 0.459 e. The van der Waals surface area contributed by atoms with Gasteiger partial charge in [-0.1, -0.05) is 24.3 Å². The van der Waals surface area contributed by atoms with Crippen molar-refractivity contribution in [1.82, 2.24) is 29.4 Å². The van der Waals surface area contributed by atoms with Crippen molar-refractivity contribution in [3.8, 4) is 5.75 Å². The number of benzene rings is 2. The third-order valence-corrected chi connectivity index (χ3v) is 10.1. The zero-order valence-electron chi connectivity index (χ0n) is 28.4. The second-order valence-electron chi connectivity index (χ2n) is 12.6. The lowest BCUT2D eigenvalue weighted by molar-refractivity contribution is -0.151. The molecule has 1 aliphatic heterocycles. The topological polar surface area (TPSA) is 243 Å². The fraction of sp³-hybridized carbons (Fsp3) is 0.400. The Labute approximate surface area is 296 Å². The zero-order valence-corrected chi connectivity index (χ0v) is 30.1. The van der Waals surface area contributed by atoms with E-state index in [4.69, 9.17) is 24.3 Å². The molecule has 18 nitrogen and oxygen atoms in total. The number of rotatable bonds is 14. The van der Waals surface area contributed by atoms with Gasteiger partial charge in [-0.2, -0.15) is 15.1 Å². The van der Waals surface area contributed by atoms with Crippen LogP contribution in [-0.2, 0) is 40.0 Å². The number of anilines is 2. The van der Waals surface area contributed by atoms with Crippen molar-refractivity contribution < 1.29 is 55.3 Å². The average molecular weight is 771 g/mol. The molecule has 1 aliphatic rings. The minimum atomic E-state index is -4.60. The van der Waals surface area contributed by atoms with Crippen LogP contribution in [0.4, 0.5) is 20.5 Å². The maximum atomic E-state index is 14.3. The number of carbonyl (C=O) groups is 1. The molecule has 0 spiro atoms. The highest BCUT2D eigenvalue weighted by Crippen LogP contribution is 2.48. The maximum absolute atomic E-state index is 14.3. The molecule has 3 heterocycles. The van der Waals surface area contributed by atoms with Crippen LogP contribution in [0.3, 0.4) is 0 Å². The minimum absolute atomic E-state index is 0.000953. The number of fused-ring (bicyclic) bond motifs is 1. The number of hydrogen-bond acceptors (Lipinski definition) is 15. The number of aliphatic hydroxyl groups is 2. The fourth-order valence-corrected chi connectivity index (χ4v) is 7.51. The van der Waals surface area contributed by atoms with Gasteiger partial charge >= 0.3 is 13.7 Å². The summed E-state index contributed by atoms with van der Waals surface area (Å²) in [4.78, 5) is 27.8. The van der Waals surface area contributed by atoms with E-state index in [1.54, 1.807) is 18.2 Å². The van der Waals surface area contributed by atoms with Gasteiger partial charge in [-0.15, -0.1) is 4.83 Å². The number of nitrogens with one attached hydrogen (secondary N) is 2. The number of hydrazine groups is 1. The van der Waals surface area contributed by atoms with E-state index in [-0.39, 0.29) is 28.7 Å². The second-order valence-corrected chi connectivity index (χ2v) is 15.9. The highest BCUT2D eigenvalue weighted by Gasteiger charge is 2.54. The molecule has 52 heavy (non-hydrogen) atoms. The number of nitrogens with two attached hydrogens (primary N) is 1. The molecule has 0 saturated carbocycles. The molecule has 282 valence electrons. The molecule has 6 N–H and O–H groups in total. The number of halogens is 2. The molecule has 0 bridgehead atoms. The third kappa shape index (κ3) is 8.48. The Kier molecular flexibility index (Phi) is 10.9. The summed E-state index contributed by atoms with van der Waals surface area (Å²) in [6.45, 7) is 2.35. The van der Waals surface area contributed by atoms with Crippen molar-refractivity contribution >= 4 is 46.7 Å². The summed E-state index contributed by atoms with van der Waals surface area (Å²) >= 11 is 0. The summed E-state index contributed by atoms with van der Waals surface area (Å²) < 4.78 is 89.9. The van der Waals surface area contributed by atoms with Crippen molar-refractivity contribution in [3.05, 3.63) is 72.1 Å². The van der Waals surface area contributed by atoms with Crippen LogP contribution in [0.2, 0.25) is 0 Å². The van der Waals surface area contributed by atoms with Gasteiger partial charge in [-0.3, -0.25) is 18.9 Å². The minimum Gasteiger partial charge on any atom is -0.459 e. The Morgan fingerprint density at radius 3 is 2.46 bits per heavy atom. The van der Waals surface area contributed by atoms with E-state index in [1.807, 2.05) is 0 Å². The molecule has 4 aromatic rings. The molecule has 5 rings (SSSR count). The van der Waals surface area contributed by atoms with Gasteiger partial charge in [0, 0.05) is 7.05 Å². The van der Waals surface area contributed by atoms with Crippen LogP contribution >= 0.6 is 7.75 Å². The van der Waals surface area contributed by atoms with Crippen LogP contribution < -0.4 is 25.2 Å². The normalized spacial score (nSPS) is 21.9.